The number of hydrogen-bond acceptors (Lipinski definition) is 4. The Hall–Kier alpha value is -2.05. The van der Waals surface area contributed by atoms with E-state index in [0.29, 0.717) is 5.69 Å². The molecule has 118 valence electrons. The highest BCUT2D eigenvalue weighted by molar-refractivity contribution is 5.97. The highest BCUT2D eigenvalue weighted by Gasteiger charge is 2.16. The molecule has 5 N–H and O–H groups in total. The van der Waals surface area contributed by atoms with Gasteiger partial charge in [-0.25, -0.2) is 0 Å². The molecule has 0 bridgehead atoms. The molecule has 1 unspecified atom stereocenters. The summed E-state index contributed by atoms with van der Waals surface area (Å²) in [6.07, 6.45) is 2.79. The minimum Gasteiger partial charge on any atom is -0.395 e. The van der Waals surface area contributed by atoms with Gasteiger partial charge in [0, 0.05) is 19.0 Å². The molecule has 0 aliphatic rings. The molecule has 1 atom stereocenters. The quantitative estimate of drug-likeness (QED) is 0.572. The number of aryl methyl sites for hydroxylation is 1. The summed E-state index contributed by atoms with van der Waals surface area (Å²) in [6, 6.07) is 0.145. The Bertz CT molecular complexity index is 484. The number of H-pyrrole nitrogens is 1. The molecular formula is C14H25N5O2. The van der Waals surface area contributed by atoms with Gasteiger partial charge in [-0.3, -0.25) is 14.7 Å². The van der Waals surface area contributed by atoms with Gasteiger partial charge in [0.1, 0.15) is 0 Å². The molecule has 21 heavy (non-hydrogen) atoms. The number of nitrogens with one attached hydrogen (secondary N) is 3. The van der Waals surface area contributed by atoms with E-state index >= 15 is 0 Å². The first-order valence-electron chi connectivity index (χ1n) is 7.39. The number of nitrogen functional groups attached to an aromatic ring is 1. The monoisotopic (exact) mass is 295 g/mol. The summed E-state index contributed by atoms with van der Waals surface area (Å²) in [5.41, 5.74) is 7.23. The number of aromatic nitrogens is 2. The topological polar surface area (TPSA) is 113 Å². The lowest BCUT2D eigenvalue weighted by Gasteiger charge is -2.11. The summed E-state index contributed by atoms with van der Waals surface area (Å²) >= 11 is 0. The second-order valence-electron chi connectivity index (χ2n) is 5.10. The van der Waals surface area contributed by atoms with Crippen molar-refractivity contribution in [3.63, 3.8) is 0 Å². The molecule has 1 rings (SSSR count). The van der Waals surface area contributed by atoms with Gasteiger partial charge in [-0.05, 0) is 19.8 Å². The molecule has 0 radical (unpaired) electrons. The first-order chi connectivity index (χ1) is 9.99. The van der Waals surface area contributed by atoms with Crippen LogP contribution in [0.2, 0.25) is 0 Å². The van der Waals surface area contributed by atoms with Gasteiger partial charge in [-0.1, -0.05) is 20.3 Å². The van der Waals surface area contributed by atoms with Crippen molar-refractivity contribution < 1.29 is 9.59 Å². The number of carbonyl (C=O) groups excluding carboxylic acids is 2. The zero-order valence-electron chi connectivity index (χ0n) is 13.0. The molecule has 0 aliphatic carbocycles. The summed E-state index contributed by atoms with van der Waals surface area (Å²) in [4.78, 5) is 23.5. The lowest BCUT2D eigenvalue weighted by atomic mass is 10.2. The first-order valence-corrected chi connectivity index (χ1v) is 7.39. The van der Waals surface area contributed by atoms with Crippen molar-refractivity contribution in [1.29, 1.82) is 0 Å². The smallest absolute Gasteiger partial charge is 0.273 e. The molecule has 0 aliphatic heterocycles. The van der Waals surface area contributed by atoms with Gasteiger partial charge in [-0.15, -0.1) is 0 Å². The molecule has 7 heteroatoms. The molecule has 0 saturated heterocycles. The van der Waals surface area contributed by atoms with Gasteiger partial charge >= 0.3 is 0 Å². The van der Waals surface area contributed by atoms with Crippen molar-refractivity contribution in [2.75, 3.05) is 12.3 Å². The Morgan fingerprint density at radius 3 is 2.71 bits per heavy atom. The fourth-order valence-corrected chi connectivity index (χ4v) is 1.82. The third-order valence-corrected chi connectivity index (χ3v) is 3.26. The first kappa shape index (κ1) is 17.0. The number of rotatable bonds is 8. The fraction of sp³-hybridized carbons (Fsp3) is 0.643. The molecule has 0 spiro atoms. The zero-order valence-corrected chi connectivity index (χ0v) is 13.0. The second-order valence-corrected chi connectivity index (χ2v) is 5.10. The van der Waals surface area contributed by atoms with Gasteiger partial charge in [0.05, 0.1) is 11.4 Å². The Kier molecular flexibility index (Phi) is 6.71. The predicted octanol–water partition coefficient (Wildman–Crippen LogP) is 0.979. The van der Waals surface area contributed by atoms with Crippen LogP contribution in [0.4, 0.5) is 5.69 Å². The van der Waals surface area contributed by atoms with Crippen molar-refractivity contribution in [3.05, 3.63) is 11.4 Å². The average Bonchev–Trinajstić information content (AvgIpc) is 2.80. The normalized spacial score (nSPS) is 12.0. The van der Waals surface area contributed by atoms with E-state index in [-0.39, 0.29) is 36.5 Å². The summed E-state index contributed by atoms with van der Waals surface area (Å²) in [6.45, 7) is 6.23. The predicted molar refractivity (Wildman–Crippen MR) is 81.8 cm³/mol. The number of hydrogen-bond donors (Lipinski definition) is 4. The lowest BCUT2D eigenvalue weighted by Crippen LogP contribution is -2.35. The third kappa shape index (κ3) is 5.09. The summed E-state index contributed by atoms with van der Waals surface area (Å²) in [5.74, 6) is -0.436. The van der Waals surface area contributed by atoms with Gasteiger partial charge in [-0.2, -0.15) is 5.10 Å². The van der Waals surface area contributed by atoms with Crippen LogP contribution in [0.5, 0.6) is 0 Å². The van der Waals surface area contributed by atoms with Gasteiger partial charge in [0.15, 0.2) is 5.69 Å². The fourth-order valence-electron chi connectivity index (χ4n) is 1.82. The van der Waals surface area contributed by atoms with Gasteiger partial charge in [0.25, 0.3) is 5.91 Å². The van der Waals surface area contributed by atoms with E-state index in [0.717, 1.165) is 25.0 Å². The number of nitrogens with zero attached hydrogens (tertiary/aromatic N) is 1. The van der Waals surface area contributed by atoms with Crippen LogP contribution in [0.25, 0.3) is 0 Å². The maximum absolute atomic E-state index is 11.9. The van der Waals surface area contributed by atoms with Crippen LogP contribution in [0.15, 0.2) is 0 Å². The molecule has 1 heterocycles. The SMILES string of the molecule is CCCc1[nH]nc(C(=O)NCCC(=O)NC(C)CC)c1N. The van der Waals surface area contributed by atoms with Crippen molar-refractivity contribution in [2.45, 2.75) is 52.5 Å². The highest BCUT2D eigenvalue weighted by Crippen LogP contribution is 2.15. The van der Waals surface area contributed by atoms with Crippen molar-refractivity contribution >= 4 is 17.5 Å². The standard InChI is InChI=1S/C14H25N5O2/c1-4-6-10-12(15)13(19-18-10)14(21)16-8-7-11(20)17-9(3)5-2/h9H,4-8,15H2,1-3H3,(H,16,21)(H,17,20)(H,18,19). The number of carbonyl (C=O) groups is 2. The van der Waals surface area contributed by atoms with E-state index in [2.05, 4.69) is 20.8 Å². The number of aromatic amines is 1. The molecule has 2 amide bonds. The molecule has 0 aromatic carbocycles. The van der Waals surface area contributed by atoms with Crippen molar-refractivity contribution in [1.82, 2.24) is 20.8 Å². The second kappa shape index (κ2) is 8.28. The summed E-state index contributed by atoms with van der Waals surface area (Å²) < 4.78 is 0. The molecule has 0 fully saturated rings. The van der Waals surface area contributed by atoms with E-state index in [9.17, 15) is 9.59 Å². The van der Waals surface area contributed by atoms with Crippen molar-refractivity contribution in [2.24, 2.45) is 0 Å². The lowest BCUT2D eigenvalue weighted by molar-refractivity contribution is -0.121. The number of nitrogens with two attached hydrogens (primary N) is 1. The highest BCUT2D eigenvalue weighted by atomic mass is 16.2. The van der Waals surface area contributed by atoms with Crippen LogP contribution < -0.4 is 16.4 Å². The maximum atomic E-state index is 11.9. The van der Waals surface area contributed by atoms with Crippen LogP contribution in [-0.2, 0) is 11.2 Å². The number of anilines is 1. The molecule has 0 saturated carbocycles. The third-order valence-electron chi connectivity index (χ3n) is 3.26. The maximum Gasteiger partial charge on any atom is 0.273 e. The largest absolute Gasteiger partial charge is 0.395 e. The van der Waals surface area contributed by atoms with Crippen LogP contribution in [0.3, 0.4) is 0 Å². The van der Waals surface area contributed by atoms with Gasteiger partial charge < -0.3 is 16.4 Å². The Balaban J connectivity index is 2.42. The minimum atomic E-state index is -0.359. The summed E-state index contributed by atoms with van der Waals surface area (Å²) in [5, 5.41) is 12.2. The van der Waals surface area contributed by atoms with Crippen LogP contribution >= 0.6 is 0 Å². The Morgan fingerprint density at radius 1 is 1.38 bits per heavy atom. The molecular weight excluding hydrogens is 270 g/mol. The van der Waals surface area contributed by atoms with E-state index in [1.165, 1.54) is 0 Å². The zero-order chi connectivity index (χ0) is 15.8. The van der Waals surface area contributed by atoms with Crippen molar-refractivity contribution in [3.8, 4) is 0 Å². The summed E-state index contributed by atoms with van der Waals surface area (Å²) in [7, 11) is 0. The number of amides is 2. The molecule has 1 aromatic heterocycles. The van der Waals surface area contributed by atoms with E-state index < -0.39 is 0 Å². The van der Waals surface area contributed by atoms with E-state index in [1.807, 2.05) is 20.8 Å². The van der Waals surface area contributed by atoms with Crippen LogP contribution in [0, 0.1) is 0 Å². The van der Waals surface area contributed by atoms with Crippen LogP contribution in [0.1, 0.15) is 56.2 Å². The Morgan fingerprint density at radius 2 is 2.10 bits per heavy atom. The van der Waals surface area contributed by atoms with Crippen LogP contribution in [-0.4, -0.2) is 34.6 Å². The molecule has 1 aromatic rings. The van der Waals surface area contributed by atoms with Gasteiger partial charge in [0.2, 0.25) is 5.91 Å². The minimum absolute atomic E-state index is 0.0775. The van der Waals surface area contributed by atoms with E-state index in [4.69, 9.17) is 5.73 Å². The van der Waals surface area contributed by atoms with E-state index in [1.54, 1.807) is 0 Å². The Labute approximate surface area is 125 Å². The molecule has 7 nitrogen and oxygen atoms in total. The average molecular weight is 295 g/mol.